The van der Waals surface area contributed by atoms with Crippen LogP contribution < -0.4 is 10.6 Å². The fraction of sp³-hybridized carbons (Fsp3) is 0.100. The largest absolute Gasteiger partial charge is 0.381 e. The molecule has 2 N–H and O–H groups in total. The number of hydrogen-bond acceptors (Lipinski definition) is 6. The summed E-state index contributed by atoms with van der Waals surface area (Å²) in [5.74, 6) is -0.0214. The van der Waals surface area contributed by atoms with Crippen molar-refractivity contribution in [1.82, 2.24) is 20.3 Å². The molecule has 1 aromatic carbocycles. The van der Waals surface area contributed by atoms with Crippen molar-refractivity contribution in [1.29, 1.82) is 0 Å². The Morgan fingerprint density at radius 2 is 1.96 bits per heavy atom. The molecule has 0 fully saturated rings. The molecule has 4 heterocycles. The molecule has 0 saturated carbocycles. The lowest BCUT2D eigenvalue weighted by molar-refractivity contribution is 0.0962. The number of carbonyl (C=O) groups is 1. The highest BCUT2D eigenvalue weighted by atomic mass is 32.1. The lowest BCUT2D eigenvalue weighted by Crippen LogP contribution is -2.24. The highest BCUT2D eigenvalue weighted by molar-refractivity contribution is 7.21. The monoisotopic (exact) mass is 373 g/mol. The van der Waals surface area contributed by atoms with E-state index in [-0.39, 0.29) is 5.91 Å². The predicted molar refractivity (Wildman–Crippen MR) is 109 cm³/mol. The van der Waals surface area contributed by atoms with Crippen molar-refractivity contribution in [2.45, 2.75) is 0 Å². The number of rotatable bonds is 2. The molecule has 1 aliphatic heterocycles. The Labute approximate surface area is 159 Å². The smallest absolute Gasteiger partial charge is 0.263 e. The molecule has 3 aromatic heterocycles. The Morgan fingerprint density at radius 3 is 2.85 bits per heavy atom. The van der Waals surface area contributed by atoms with Gasteiger partial charge < -0.3 is 10.6 Å². The summed E-state index contributed by atoms with van der Waals surface area (Å²) in [5, 5.41) is 8.40. The molecular weight excluding hydrogens is 358 g/mol. The van der Waals surface area contributed by atoms with E-state index in [0.717, 1.165) is 48.6 Å². The minimum absolute atomic E-state index is 0.0214. The summed E-state index contributed by atoms with van der Waals surface area (Å²) in [6.45, 7) is 5.07. The zero-order chi connectivity index (χ0) is 18.4. The normalized spacial score (nSPS) is 13.7. The number of carbonyl (C=O) groups excluding carboxylic acids is 1. The quantitative estimate of drug-likeness (QED) is 0.560. The van der Waals surface area contributed by atoms with Crippen LogP contribution in [0.3, 0.4) is 0 Å². The lowest BCUT2D eigenvalue weighted by Gasteiger charge is -2.07. The van der Waals surface area contributed by atoms with Gasteiger partial charge in [-0.3, -0.25) is 4.79 Å². The number of nitrogens with zero attached hydrogens (tertiary/aromatic N) is 3. The van der Waals surface area contributed by atoms with Crippen LogP contribution in [0.15, 0.2) is 43.2 Å². The zero-order valence-electron chi connectivity index (χ0n) is 14.3. The van der Waals surface area contributed by atoms with Crippen molar-refractivity contribution < 1.29 is 4.79 Å². The fourth-order valence-corrected chi connectivity index (χ4v) is 4.45. The van der Waals surface area contributed by atoms with Gasteiger partial charge in [0.15, 0.2) is 0 Å². The molecular formula is C20H15N5OS. The lowest BCUT2D eigenvalue weighted by atomic mass is 10.1. The van der Waals surface area contributed by atoms with E-state index in [0.29, 0.717) is 13.1 Å². The van der Waals surface area contributed by atoms with Crippen LogP contribution in [0, 0.1) is 0 Å². The SMILES string of the molecule is C=Cc1cc(-c2ccc3c(ccc4sc5c(c43)NCCNC5=O)n2)ncn1. The van der Waals surface area contributed by atoms with E-state index in [1.807, 2.05) is 30.3 Å². The Kier molecular flexibility index (Phi) is 3.61. The van der Waals surface area contributed by atoms with Gasteiger partial charge in [0.25, 0.3) is 5.91 Å². The van der Waals surface area contributed by atoms with Crippen LogP contribution in [-0.4, -0.2) is 33.9 Å². The van der Waals surface area contributed by atoms with Crippen molar-refractivity contribution in [3.05, 3.63) is 53.8 Å². The second-order valence-electron chi connectivity index (χ2n) is 6.22. The average molecular weight is 373 g/mol. The molecule has 0 aliphatic carbocycles. The van der Waals surface area contributed by atoms with Gasteiger partial charge in [0.1, 0.15) is 11.2 Å². The molecule has 0 atom stereocenters. The fourth-order valence-electron chi connectivity index (χ4n) is 3.34. The number of pyridine rings is 1. The van der Waals surface area contributed by atoms with Gasteiger partial charge in [-0.1, -0.05) is 6.58 Å². The zero-order valence-corrected chi connectivity index (χ0v) is 15.1. The van der Waals surface area contributed by atoms with Gasteiger partial charge in [0.05, 0.1) is 28.3 Å². The minimum atomic E-state index is -0.0214. The summed E-state index contributed by atoms with van der Waals surface area (Å²) in [6.07, 6.45) is 3.20. The van der Waals surface area contributed by atoms with Crippen molar-refractivity contribution in [3.8, 4) is 11.4 Å². The third-order valence-corrected chi connectivity index (χ3v) is 5.75. The number of benzene rings is 1. The summed E-state index contributed by atoms with van der Waals surface area (Å²) < 4.78 is 1.07. The summed E-state index contributed by atoms with van der Waals surface area (Å²) in [4.78, 5) is 26.3. The van der Waals surface area contributed by atoms with Crippen LogP contribution in [0.1, 0.15) is 15.4 Å². The van der Waals surface area contributed by atoms with E-state index < -0.39 is 0 Å². The molecule has 0 saturated heterocycles. The molecule has 0 bridgehead atoms. The first kappa shape index (κ1) is 15.9. The number of thiophene rings is 1. The van der Waals surface area contributed by atoms with Gasteiger partial charge in [-0.25, -0.2) is 15.0 Å². The van der Waals surface area contributed by atoms with Crippen LogP contribution >= 0.6 is 11.3 Å². The molecule has 0 radical (unpaired) electrons. The predicted octanol–water partition coefficient (Wildman–Crippen LogP) is 3.70. The summed E-state index contributed by atoms with van der Waals surface area (Å²) in [5.41, 5.74) is 4.06. The molecule has 1 aliphatic rings. The molecule has 27 heavy (non-hydrogen) atoms. The maximum Gasteiger partial charge on any atom is 0.263 e. The van der Waals surface area contributed by atoms with Gasteiger partial charge >= 0.3 is 0 Å². The number of anilines is 1. The molecule has 0 unspecified atom stereocenters. The second kappa shape index (κ2) is 6.14. The van der Waals surface area contributed by atoms with Crippen LogP contribution in [0.5, 0.6) is 0 Å². The number of aromatic nitrogens is 3. The standard InChI is InChI=1S/C20H15N5OS/c1-2-11-9-15(24-10-23-11)14-4-3-12-13(25-14)5-6-16-17(12)18-19(27-16)20(26)22-8-7-21-18/h2-6,9-10,21H,1,7-8H2,(H,22,26). The van der Waals surface area contributed by atoms with Crippen LogP contribution in [0.4, 0.5) is 5.69 Å². The van der Waals surface area contributed by atoms with Gasteiger partial charge in [-0.15, -0.1) is 11.3 Å². The molecule has 7 heteroatoms. The molecule has 1 amide bonds. The first-order valence-electron chi connectivity index (χ1n) is 8.58. The number of nitrogens with one attached hydrogen (secondary N) is 2. The Morgan fingerprint density at radius 1 is 1.07 bits per heavy atom. The molecule has 4 aromatic rings. The van der Waals surface area contributed by atoms with Crippen LogP contribution in [0.25, 0.3) is 38.5 Å². The third-order valence-electron chi connectivity index (χ3n) is 4.60. The summed E-state index contributed by atoms with van der Waals surface area (Å²) in [7, 11) is 0. The Hall–Kier alpha value is -3.32. The van der Waals surface area contributed by atoms with Crippen molar-refractivity contribution in [2.24, 2.45) is 0 Å². The average Bonchev–Trinajstić information content (AvgIpc) is 3.00. The van der Waals surface area contributed by atoms with Crippen molar-refractivity contribution in [2.75, 3.05) is 18.4 Å². The maximum absolute atomic E-state index is 12.3. The molecule has 5 rings (SSSR count). The van der Waals surface area contributed by atoms with E-state index in [2.05, 4.69) is 27.2 Å². The van der Waals surface area contributed by atoms with E-state index in [1.54, 1.807) is 6.08 Å². The molecule has 6 nitrogen and oxygen atoms in total. The molecule has 0 spiro atoms. The Balaban J connectivity index is 1.73. The highest BCUT2D eigenvalue weighted by Gasteiger charge is 2.22. The third kappa shape index (κ3) is 2.55. The van der Waals surface area contributed by atoms with Gasteiger partial charge in [-0.2, -0.15) is 0 Å². The van der Waals surface area contributed by atoms with Crippen LogP contribution in [-0.2, 0) is 0 Å². The summed E-state index contributed by atoms with van der Waals surface area (Å²) >= 11 is 1.51. The maximum atomic E-state index is 12.3. The first-order valence-corrected chi connectivity index (χ1v) is 9.39. The van der Waals surface area contributed by atoms with E-state index in [1.165, 1.54) is 17.7 Å². The van der Waals surface area contributed by atoms with Crippen LogP contribution in [0.2, 0.25) is 0 Å². The Bertz CT molecular complexity index is 1230. The summed E-state index contributed by atoms with van der Waals surface area (Å²) in [6, 6.07) is 9.88. The van der Waals surface area contributed by atoms with Crippen molar-refractivity contribution in [3.63, 3.8) is 0 Å². The first-order chi connectivity index (χ1) is 13.2. The number of hydrogen-bond donors (Lipinski definition) is 2. The number of amides is 1. The van der Waals surface area contributed by atoms with Gasteiger partial charge in [-0.05, 0) is 36.4 Å². The minimum Gasteiger partial charge on any atom is -0.381 e. The highest BCUT2D eigenvalue weighted by Crippen LogP contribution is 2.40. The van der Waals surface area contributed by atoms with Crippen molar-refractivity contribution >= 4 is 50.0 Å². The van der Waals surface area contributed by atoms with E-state index in [9.17, 15) is 4.79 Å². The van der Waals surface area contributed by atoms with Gasteiger partial charge in [0.2, 0.25) is 0 Å². The molecule has 132 valence electrons. The van der Waals surface area contributed by atoms with Gasteiger partial charge in [0, 0.05) is 28.6 Å². The second-order valence-corrected chi connectivity index (χ2v) is 7.28. The topological polar surface area (TPSA) is 79.8 Å². The van der Waals surface area contributed by atoms with E-state index in [4.69, 9.17) is 4.98 Å². The number of fused-ring (bicyclic) bond motifs is 5. The van der Waals surface area contributed by atoms with E-state index >= 15 is 0 Å².